The second kappa shape index (κ2) is 5.32. The van der Waals surface area contributed by atoms with Gasteiger partial charge in [0.05, 0.1) is 0 Å². The first-order valence-corrected chi connectivity index (χ1v) is 6.66. The normalized spacial score (nSPS) is 14.2. The predicted octanol–water partition coefficient (Wildman–Crippen LogP) is 3.88. The van der Waals surface area contributed by atoms with Crippen LogP contribution in [0.5, 0.6) is 0 Å². The zero-order valence-electron chi connectivity index (χ0n) is 10.8. The number of benzene rings is 2. The highest BCUT2D eigenvalue weighted by atomic mass is 14.1. The van der Waals surface area contributed by atoms with Crippen LogP contribution in [0, 0.1) is 0 Å². The molecule has 0 fully saturated rings. The van der Waals surface area contributed by atoms with Gasteiger partial charge >= 0.3 is 0 Å². The fourth-order valence-corrected chi connectivity index (χ4v) is 2.44. The Labute approximate surface area is 115 Å². The highest BCUT2D eigenvalue weighted by Gasteiger charge is 2.05. The molecule has 0 aromatic heterocycles. The van der Waals surface area contributed by atoms with E-state index < -0.39 is 0 Å². The fourth-order valence-electron chi connectivity index (χ4n) is 2.44. The third-order valence-electron chi connectivity index (χ3n) is 3.39. The van der Waals surface area contributed by atoms with E-state index in [0.29, 0.717) is 0 Å². The molecule has 0 bridgehead atoms. The quantitative estimate of drug-likeness (QED) is 0.701. The van der Waals surface area contributed by atoms with Crippen LogP contribution >= 0.6 is 0 Å². The number of hydrogen-bond donors (Lipinski definition) is 0. The molecule has 0 amide bonds. The first kappa shape index (κ1) is 12.0. The van der Waals surface area contributed by atoms with Crippen molar-refractivity contribution in [3.63, 3.8) is 0 Å². The highest BCUT2D eigenvalue weighted by Crippen LogP contribution is 2.25. The third kappa shape index (κ3) is 2.71. The Kier molecular flexibility index (Phi) is 3.37. The van der Waals surface area contributed by atoms with Crippen molar-refractivity contribution in [2.75, 3.05) is 0 Å². The Balaban J connectivity index is 2.06. The summed E-state index contributed by atoms with van der Waals surface area (Å²) in [4.78, 5) is 0. The largest absolute Gasteiger partial charge is 0.113 e. The van der Waals surface area contributed by atoms with E-state index in [2.05, 4.69) is 48.6 Å². The Hall–Kier alpha value is -2.02. The van der Waals surface area contributed by atoms with Gasteiger partial charge in [-0.25, -0.2) is 0 Å². The minimum absolute atomic E-state index is 0.816. The van der Waals surface area contributed by atoms with E-state index in [4.69, 9.17) is 7.85 Å². The molecule has 2 aromatic carbocycles. The van der Waals surface area contributed by atoms with Gasteiger partial charge in [0.25, 0.3) is 0 Å². The standard InChI is InChI=1S/C18H15B/c19-18-12-16(14-7-3-1-4-8-14)11-17(13-18)15-9-5-2-6-10-15/h1,3-5,7-13H,2,6H2. The molecule has 0 N–H and O–H groups in total. The summed E-state index contributed by atoms with van der Waals surface area (Å²) in [5, 5.41) is 0. The maximum atomic E-state index is 6.05. The maximum absolute atomic E-state index is 6.05. The van der Waals surface area contributed by atoms with Crippen LogP contribution in [-0.4, -0.2) is 7.85 Å². The minimum Gasteiger partial charge on any atom is -0.0955 e. The van der Waals surface area contributed by atoms with E-state index in [1.807, 2.05) is 18.2 Å². The number of hydrogen-bond acceptors (Lipinski definition) is 0. The third-order valence-corrected chi connectivity index (χ3v) is 3.39. The SMILES string of the molecule is [B]c1cc(C2=CCCC=C2)cc(-c2ccccc2)c1. The summed E-state index contributed by atoms with van der Waals surface area (Å²) in [5.41, 5.74) is 5.67. The minimum atomic E-state index is 0.816. The van der Waals surface area contributed by atoms with E-state index in [9.17, 15) is 0 Å². The molecule has 90 valence electrons. The van der Waals surface area contributed by atoms with Crippen LogP contribution in [0.3, 0.4) is 0 Å². The molecule has 0 nitrogen and oxygen atoms in total. The Bertz CT molecular complexity index is 636. The van der Waals surface area contributed by atoms with Crippen LogP contribution in [0.4, 0.5) is 0 Å². The number of rotatable bonds is 2. The van der Waals surface area contributed by atoms with Gasteiger partial charge in [-0.1, -0.05) is 66.2 Å². The summed E-state index contributed by atoms with van der Waals surface area (Å²) in [6, 6.07) is 16.7. The molecule has 1 aliphatic carbocycles. The van der Waals surface area contributed by atoms with Crippen LogP contribution in [-0.2, 0) is 0 Å². The van der Waals surface area contributed by atoms with Gasteiger partial charge in [0.2, 0.25) is 0 Å². The molecule has 1 heteroatoms. The molecule has 0 aliphatic heterocycles. The van der Waals surface area contributed by atoms with E-state index in [-0.39, 0.29) is 0 Å². The van der Waals surface area contributed by atoms with Crippen LogP contribution in [0.2, 0.25) is 0 Å². The lowest BCUT2D eigenvalue weighted by Crippen LogP contribution is -2.04. The lowest BCUT2D eigenvalue weighted by molar-refractivity contribution is 1.04. The predicted molar refractivity (Wildman–Crippen MR) is 83.6 cm³/mol. The van der Waals surface area contributed by atoms with Crippen molar-refractivity contribution in [3.8, 4) is 11.1 Å². The van der Waals surface area contributed by atoms with Crippen LogP contribution in [0.1, 0.15) is 18.4 Å². The van der Waals surface area contributed by atoms with Crippen molar-refractivity contribution < 1.29 is 0 Å². The molecule has 2 radical (unpaired) electrons. The highest BCUT2D eigenvalue weighted by molar-refractivity contribution is 6.32. The summed E-state index contributed by atoms with van der Waals surface area (Å²) in [7, 11) is 6.05. The molecule has 0 atom stereocenters. The summed E-state index contributed by atoms with van der Waals surface area (Å²) in [6.45, 7) is 0. The van der Waals surface area contributed by atoms with Gasteiger partial charge in [-0.15, -0.1) is 0 Å². The summed E-state index contributed by atoms with van der Waals surface area (Å²) in [5.74, 6) is 0. The van der Waals surface area contributed by atoms with Crippen molar-refractivity contribution in [1.82, 2.24) is 0 Å². The van der Waals surface area contributed by atoms with Crippen LogP contribution < -0.4 is 5.46 Å². The van der Waals surface area contributed by atoms with Gasteiger partial charge in [-0.2, -0.15) is 0 Å². The smallest absolute Gasteiger partial charge is 0.0955 e. The Morgan fingerprint density at radius 3 is 2.32 bits per heavy atom. The maximum Gasteiger partial charge on any atom is 0.113 e. The molecule has 0 saturated carbocycles. The monoisotopic (exact) mass is 242 g/mol. The Morgan fingerprint density at radius 2 is 1.58 bits per heavy atom. The Morgan fingerprint density at radius 1 is 0.789 bits per heavy atom. The van der Waals surface area contributed by atoms with Gasteiger partial charge in [-0.3, -0.25) is 0 Å². The second-order valence-corrected chi connectivity index (χ2v) is 4.85. The van der Waals surface area contributed by atoms with Gasteiger partial charge in [0.1, 0.15) is 7.85 Å². The van der Waals surface area contributed by atoms with Crippen molar-refractivity contribution in [2.45, 2.75) is 12.8 Å². The molecular weight excluding hydrogens is 227 g/mol. The molecular formula is C18H15B. The zero-order valence-corrected chi connectivity index (χ0v) is 10.8. The van der Waals surface area contributed by atoms with Gasteiger partial charge in [0.15, 0.2) is 0 Å². The summed E-state index contributed by atoms with van der Waals surface area (Å²) >= 11 is 0. The van der Waals surface area contributed by atoms with Crippen molar-refractivity contribution in [1.29, 1.82) is 0 Å². The van der Waals surface area contributed by atoms with Gasteiger partial charge in [-0.05, 0) is 41.2 Å². The number of allylic oxidation sites excluding steroid dienone is 4. The summed E-state index contributed by atoms with van der Waals surface area (Å²) in [6.07, 6.45) is 8.94. The second-order valence-electron chi connectivity index (χ2n) is 4.85. The molecule has 19 heavy (non-hydrogen) atoms. The zero-order chi connectivity index (χ0) is 13.1. The van der Waals surface area contributed by atoms with Crippen LogP contribution in [0.25, 0.3) is 16.7 Å². The summed E-state index contributed by atoms with van der Waals surface area (Å²) < 4.78 is 0. The first-order chi connectivity index (χ1) is 9.33. The first-order valence-electron chi connectivity index (χ1n) is 6.66. The molecule has 0 spiro atoms. The van der Waals surface area contributed by atoms with Crippen molar-refractivity contribution >= 4 is 18.9 Å². The van der Waals surface area contributed by atoms with E-state index in [1.54, 1.807) is 0 Å². The molecule has 0 unspecified atom stereocenters. The van der Waals surface area contributed by atoms with Gasteiger partial charge < -0.3 is 0 Å². The van der Waals surface area contributed by atoms with Crippen molar-refractivity contribution in [2.24, 2.45) is 0 Å². The van der Waals surface area contributed by atoms with Crippen LogP contribution in [0.15, 0.2) is 66.8 Å². The van der Waals surface area contributed by atoms with E-state index in [1.165, 1.54) is 22.3 Å². The van der Waals surface area contributed by atoms with E-state index in [0.717, 1.165) is 18.3 Å². The van der Waals surface area contributed by atoms with Gasteiger partial charge in [0, 0.05) is 0 Å². The molecule has 0 saturated heterocycles. The molecule has 1 aliphatic rings. The lowest BCUT2D eigenvalue weighted by atomic mass is 9.87. The lowest BCUT2D eigenvalue weighted by Gasteiger charge is -2.11. The molecule has 3 rings (SSSR count). The average molecular weight is 242 g/mol. The molecule has 2 aromatic rings. The fraction of sp³-hybridized carbons (Fsp3) is 0.111. The molecule has 0 heterocycles. The van der Waals surface area contributed by atoms with Crippen molar-refractivity contribution in [3.05, 3.63) is 72.3 Å². The topological polar surface area (TPSA) is 0 Å². The van der Waals surface area contributed by atoms with E-state index >= 15 is 0 Å². The average Bonchev–Trinajstić information content (AvgIpc) is 2.48.